The molecule has 0 aliphatic rings. The smallest absolute Gasteiger partial charge is 0.142 e. The van der Waals surface area contributed by atoms with Gasteiger partial charge in [0.2, 0.25) is 0 Å². The molecule has 3 N–H and O–H groups in total. The first-order valence-electron chi connectivity index (χ1n) is 6.54. The van der Waals surface area contributed by atoms with Gasteiger partial charge < -0.3 is 4.74 Å². The molecule has 5 heteroatoms. The van der Waals surface area contributed by atoms with Crippen molar-refractivity contribution in [3.8, 4) is 5.75 Å². The highest BCUT2D eigenvalue weighted by Gasteiger charge is 2.20. The summed E-state index contributed by atoms with van der Waals surface area (Å²) in [5.41, 5.74) is 6.10. The van der Waals surface area contributed by atoms with Crippen LogP contribution in [0.5, 0.6) is 5.75 Å². The largest absolute Gasteiger partial charge is 0.496 e. The van der Waals surface area contributed by atoms with Crippen LogP contribution >= 0.6 is 15.9 Å². The van der Waals surface area contributed by atoms with E-state index in [-0.39, 0.29) is 5.82 Å². The maximum absolute atomic E-state index is 14.3. The van der Waals surface area contributed by atoms with Crippen molar-refractivity contribution in [2.24, 2.45) is 5.84 Å². The van der Waals surface area contributed by atoms with Gasteiger partial charge in [-0.2, -0.15) is 0 Å². The number of aryl methyl sites for hydroxylation is 2. The van der Waals surface area contributed by atoms with Crippen LogP contribution in [0.15, 0.2) is 34.8 Å². The lowest BCUT2D eigenvalue weighted by molar-refractivity contribution is 0.411. The number of hydrogen-bond donors (Lipinski definition) is 2. The van der Waals surface area contributed by atoms with E-state index < -0.39 is 6.04 Å². The minimum atomic E-state index is -0.424. The van der Waals surface area contributed by atoms with Crippen LogP contribution in [0.1, 0.15) is 28.3 Å². The third-order valence-electron chi connectivity index (χ3n) is 3.55. The van der Waals surface area contributed by atoms with Gasteiger partial charge in [0, 0.05) is 5.56 Å². The minimum absolute atomic E-state index is 0.312. The quantitative estimate of drug-likeness (QED) is 0.650. The fraction of sp³-hybridized carbons (Fsp3) is 0.250. The van der Waals surface area contributed by atoms with E-state index in [0.29, 0.717) is 10.0 Å². The molecule has 0 amide bonds. The Bertz CT molecular complexity index is 661. The van der Waals surface area contributed by atoms with Gasteiger partial charge in [-0.05, 0) is 58.6 Å². The maximum atomic E-state index is 14.3. The second kappa shape index (κ2) is 6.56. The molecule has 0 saturated carbocycles. The molecular weight excluding hydrogens is 335 g/mol. The van der Waals surface area contributed by atoms with Crippen LogP contribution in [0.3, 0.4) is 0 Å². The molecule has 0 radical (unpaired) electrons. The second-order valence-corrected chi connectivity index (χ2v) is 5.78. The molecule has 1 atom stereocenters. The fourth-order valence-corrected chi connectivity index (χ4v) is 2.81. The summed E-state index contributed by atoms with van der Waals surface area (Å²) in [7, 11) is 1.63. The molecule has 0 saturated heterocycles. The number of benzene rings is 2. The Morgan fingerprint density at radius 3 is 2.52 bits per heavy atom. The Balaban J connectivity index is 2.57. The van der Waals surface area contributed by atoms with Gasteiger partial charge >= 0.3 is 0 Å². The average Bonchev–Trinajstić information content (AvgIpc) is 2.47. The molecule has 3 nitrogen and oxygen atoms in total. The van der Waals surface area contributed by atoms with Crippen LogP contribution in [-0.4, -0.2) is 7.11 Å². The molecule has 2 aromatic rings. The number of hydrazine groups is 1. The van der Waals surface area contributed by atoms with E-state index >= 15 is 0 Å². The number of hydrogen-bond acceptors (Lipinski definition) is 3. The summed E-state index contributed by atoms with van der Waals surface area (Å²) >= 11 is 3.21. The molecule has 0 heterocycles. The van der Waals surface area contributed by atoms with E-state index in [4.69, 9.17) is 10.6 Å². The van der Waals surface area contributed by atoms with Crippen LogP contribution in [0.4, 0.5) is 4.39 Å². The molecule has 0 spiro atoms. The lowest BCUT2D eigenvalue weighted by atomic mass is 9.93. The summed E-state index contributed by atoms with van der Waals surface area (Å²) in [6.07, 6.45) is 0. The summed E-state index contributed by atoms with van der Waals surface area (Å²) in [5, 5.41) is 0. The molecule has 0 aromatic heterocycles. The number of nitrogens with two attached hydrogens (primary N) is 1. The van der Waals surface area contributed by atoms with E-state index in [1.807, 2.05) is 26.0 Å². The van der Waals surface area contributed by atoms with Crippen LogP contribution in [0.2, 0.25) is 0 Å². The molecule has 0 aliphatic carbocycles. The summed E-state index contributed by atoms with van der Waals surface area (Å²) < 4.78 is 20.1. The van der Waals surface area contributed by atoms with Crippen LogP contribution in [0.25, 0.3) is 0 Å². The normalized spacial score (nSPS) is 12.3. The van der Waals surface area contributed by atoms with Gasteiger partial charge in [0.1, 0.15) is 11.6 Å². The molecule has 1 unspecified atom stereocenters. The summed E-state index contributed by atoms with van der Waals surface area (Å²) in [6.45, 7) is 3.91. The first-order chi connectivity index (χ1) is 9.99. The first-order valence-corrected chi connectivity index (χ1v) is 7.34. The number of rotatable bonds is 4. The van der Waals surface area contributed by atoms with Crippen molar-refractivity contribution in [2.45, 2.75) is 19.9 Å². The van der Waals surface area contributed by atoms with Crippen molar-refractivity contribution in [1.29, 1.82) is 0 Å². The van der Waals surface area contributed by atoms with Gasteiger partial charge in [-0.25, -0.2) is 9.82 Å². The van der Waals surface area contributed by atoms with Crippen molar-refractivity contribution >= 4 is 15.9 Å². The molecule has 0 bridgehead atoms. The lowest BCUT2D eigenvalue weighted by Crippen LogP contribution is -2.30. The van der Waals surface area contributed by atoms with Crippen molar-refractivity contribution in [3.05, 3.63) is 62.9 Å². The van der Waals surface area contributed by atoms with Crippen molar-refractivity contribution < 1.29 is 9.13 Å². The van der Waals surface area contributed by atoms with Crippen LogP contribution < -0.4 is 16.0 Å². The third-order valence-corrected chi connectivity index (χ3v) is 4.17. The molecule has 0 aliphatic heterocycles. The van der Waals surface area contributed by atoms with Gasteiger partial charge in [-0.1, -0.05) is 18.2 Å². The highest BCUT2D eigenvalue weighted by molar-refractivity contribution is 9.10. The highest BCUT2D eigenvalue weighted by atomic mass is 79.9. The van der Waals surface area contributed by atoms with Crippen molar-refractivity contribution in [2.75, 3.05) is 7.11 Å². The topological polar surface area (TPSA) is 47.3 Å². The predicted octanol–water partition coefficient (Wildman–Crippen LogP) is 3.77. The third kappa shape index (κ3) is 3.10. The van der Waals surface area contributed by atoms with Gasteiger partial charge in [0.05, 0.1) is 17.6 Å². The number of ether oxygens (including phenoxy) is 1. The molecule has 0 fully saturated rings. The Morgan fingerprint density at radius 1 is 1.19 bits per heavy atom. The molecule has 21 heavy (non-hydrogen) atoms. The summed E-state index contributed by atoms with van der Waals surface area (Å²) in [6, 6.07) is 8.66. The number of methoxy groups -OCH3 is 1. The Labute approximate surface area is 132 Å². The summed E-state index contributed by atoms with van der Waals surface area (Å²) in [4.78, 5) is 0. The lowest BCUT2D eigenvalue weighted by Gasteiger charge is -2.21. The average molecular weight is 353 g/mol. The van der Waals surface area contributed by atoms with Crippen molar-refractivity contribution in [1.82, 2.24) is 5.43 Å². The minimum Gasteiger partial charge on any atom is -0.496 e. The standard InChI is InChI=1S/C16H18BrFN2O/c1-9-8-14(21-3)10(2)7-12(9)16(20-19)11-5-4-6-13(17)15(11)18/h4-8,16,20H,19H2,1-3H3. The van der Waals surface area contributed by atoms with Gasteiger partial charge in [-0.15, -0.1) is 0 Å². The van der Waals surface area contributed by atoms with E-state index in [9.17, 15) is 4.39 Å². The SMILES string of the molecule is COc1cc(C)c(C(NN)c2cccc(Br)c2F)cc1C. The van der Waals surface area contributed by atoms with E-state index in [1.165, 1.54) is 0 Å². The molecular formula is C16H18BrFN2O. The number of halogens is 2. The molecule has 112 valence electrons. The summed E-state index contributed by atoms with van der Waals surface area (Å²) in [5.74, 6) is 6.18. The van der Waals surface area contributed by atoms with E-state index in [0.717, 1.165) is 22.4 Å². The van der Waals surface area contributed by atoms with Gasteiger partial charge in [0.15, 0.2) is 0 Å². The predicted molar refractivity (Wildman–Crippen MR) is 85.7 cm³/mol. The zero-order valence-electron chi connectivity index (χ0n) is 12.2. The van der Waals surface area contributed by atoms with Gasteiger partial charge in [0.25, 0.3) is 0 Å². The molecule has 2 rings (SSSR count). The number of nitrogens with one attached hydrogen (secondary N) is 1. The Kier molecular flexibility index (Phi) is 4.98. The Morgan fingerprint density at radius 2 is 1.90 bits per heavy atom. The second-order valence-electron chi connectivity index (χ2n) is 4.92. The van der Waals surface area contributed by atoms with E-state index in [2.05, 4.69) is 21.4 Å². The maximum Gasteiger partial charge on any atom is 0.142 e. The van der Waals surface area contributed by atoms with Crippen LogP contribution in [-0.2, 0) is 0 Å². The van der Waals surface area contributed by atoms with Gasteiger partial charge in [-0.3, -0.25) is 5.84 Å². The zero-order chi connectivity index (χ0) is 15.6. The zero-order valence-corrected chi connectivity index (χ0v) is 13.8. The fourth-order valence-electron chi connectivity index (χ4n) is 2.43. The highest BCUT2D eigenvalue weighted by Crippen LogP contribution is 2.32. The van der Waals surface area contributed by atoms with E-state index in [1.54, 1.807) is 25.3 Å². The first kappa shape index (κ1) is 15.9. The Hall–Kier alpha value is -1.43. The molecule has 2 aromatic carbocycles. The monoisotopic (exact) mass is 352 g/mol. The van der Waals surface area contributed by atoms with Crippen LogP contribution in [0, 0.1) is 19.7 Å². The van der Waals surface area contributed by atoms with Crippen molar-refractivity contribution in [3.63, 3.8) is 0 Å².